The van der Waals surface area contributed by atoms with Gasteiger partial charge in [-0.25, -0.2) is 9.67 Å². The van der Waals surface area contributed by atoms with Gasteiger partial charge >= 0.3 is 0 Å². The third-order valence-electron chi connectivity index (χ3n) is 5.86. The maximum absolute atomic E-state index is 12.9. The van der Waals surface area contributed by atoms with Gasteiger partial charge in [0.05, 0.1) is 18.8 Å². The standard InChI is InChI=1S/C21H22N6O3/c28-20(25-9-7-15-4-1-2-5-16(15)10-25)18-12-26(24-23-18)11-17-6-3-8-27(17)21(29)19-13-30-14-22-19/h1-2,4-5,12-14,17H,3,6-11H2/t17-/m0/s1. The summed E-state index contributed by atoms with van der Waals surface area (Å²) >= 11 is 0. The third-order valence-corrected chi connectivity index (χ3v) is 5.86. The molecule has 3 aromatic rings. The molecule has 30 heavy (non-hydrogen) atoms. The Bertz CT molecular complexity index is 1060. The van der Waals surface area contributed by atoms with Gasteiger partial charge in [0.1, 0.15) is 6.26 Å². The van der Waals surface area contributed by atoms with Crippen molar-refractivity contribution in [1.82, 2.24) is 29.8 Å². The van der Waals surface area contributed by atoms with Crippen LogP contribution in [-0.2, 0) is 19.5 Å². The van der Waals surface area contributed by atoms with Gasteiger partial charge in [-0.15, -0.1) is 5.10 Å². The van der Waals surface area contributed by atoms with E-state index in [0.717, 1.165) is 19.3 Å². The van der Waals surface area contributed by atoms with Crippen molar-refractivity contribution in [3.05, 3.63) is 65.6 Å². The first-order chi connectivity index (χ1) is 14.7. The molecule has 2 aliphatic rings. The fourth-order valence-corrected chi connectivity index (χ4v) is 4.29. The van der Waals surface area contributed by atoms with E-state index in [-0.39, 0.29) is 17.9 Å². The van der Waals surface area contributed by atoms with Crippen LogP contribution in [0, 0.1) is 0 Å². The molecule has 0 spiro atoms. The Hall–Kier alpha value is -3.49. The van der Waals surface area contributed by atoms with Crippen LogP contribution in [0.25, 0.3) is 0 Å². The molecule has 9 nitrogen and oxygen atoms in total. The number of carbonyl (C=O) groups is 2. The molecule has 0 N–H and O–H groups in total. The maximum atomic E-state index is 12.9. The Morgan fingerprint density at radius 1 is 1.10 bits per heavy atom. The SMILES string of the molecule is O=C(c1cn(C[C@@H]2CCCN2C(=O)c2cocn2)nn1)N1CCc2ccccc2C1. The van der Waals surface area contributed by atoms with Crippen LogP contribution in [-0.4, -0.2) is 60.7 Å². The van der Waals surface area contributed by atoms with E-state index in [0.29, 0.717) is 37.6 Å². The van der Waals surface area contributed by atoms with E-state index in [9.17, 15) is 9.59 Å². The number of nitrogens with zero attached hydrogens (tertiary/aromatic N) is 6. The molecule has 1 aromatic carbocycles. The summed E-state index contributed by atoms with van der Waals surface area (Å²) in [6.07, 6.45) is 6.93. The van der Waals surface area contributed by atoms with Gasteiger partial charge < -0.3 is 14.2 Å². The van der Waals surface area contributed by atoms with Crippen molar-refractivity contribution < 1.29 is 14.0 Å². The van der Waals surface area contributed by atoms with Crippen molar-refractivity contribution in [2.75, 3.05) is 13.1 Å². The number of likely N-dealkylation sites (tertiary alicyclic amines) is 1. The number of hydrogen-bond acceptors (Lipinski definition) is 6. The van der Waals surface area contributed by atoms with Crippen LogP contribution in [0.4, 0.5) is 0 Å². The average molecular weight is 406 g/mol. The van der Waals surface area contributed by atoms with Gasteiger partial charge in [0.25, 0.3) is 11.8 Å². The van der Waals surface area contributed by atoms with Crippen LogP contribution >= 0.6 is 0 Å². The van der Waals surface area contributed by atoms with Crippen LogP contribution in [0.2, 0.25) is 0 Å². The van der Waals surface area contributed by atoms with Crippen LogP contribution < -0.4 is 0 Å². The maximum Gasteiger partial charge on any atom is 0.276 e. The number of oxazole rings is 1. The lowest BCUT2D eigenvalue weighted by Crippen LogP contribution is -2.38. The molecule has 5 rings (SSSR count). The largest absolute Gasteiger partial charge is 0.451 e. The second-order valence-corrected chi connectivity index (χ2v) is 7.74. The van der Waals surface area contributed by atoms with Crippen molar-refractivity contribution in [3.63, 3.8) is 0 Å². The number of aromatic nitrogens is 4. The second kappa shape index (κ2) is 7.74. The minimum absolute atomic E-state index is 0.0132. The fraction of sp³-hybridized carbons (Fsp3) is 0.381. The molecule has 0 unspecified atom stereocenters. The second-order valence-electron chi connectivity index (χ2n) is 7.74. The van der Waals surface area contributed by atoms with Gasteiger partial charge in [0.2, 0.25) is 0 Å². The van der Waals surface area contributed by atoms with Crippen molar-refractivity contribution in [2.45, 2.75) is 38.4 Å². The van der Waals surface area contributed by atoms with Crippen molar-refractivity contribution in [2.24, 2.45) is 0 Å². The zero-order chi connectivity index (χ0) is 20.5. The zero-order valence-corrected chi connectivity index (χ0v) is 16.5. The highest BCUT2D eigenvalue weighted by molar-refractivity contribution is 5.92. The minimum Gasteiger partial charge on any atom is -0.451 e. The van der Waals surface area contributed by atoms with Gasteiger partial charge in [-0.2, -0.15) is 0 Å². The van der Waals surface area contributed by atoms with Crippen molar-refractivity contribution >= 4 is 11.8 Å². The van der Waals surface area contributed by atoms with Gasteiger partial charge in [-0.05, 0) is 30.4 Å². The van der Waals surface area contributed by atoms with E-state index in [1.807, 2.05) is 17.0 Å². The number of carbonyl (C=O) groups excluding carboxylic acids is 2. The smallest absolute Gasteiger partial charge is 0.276 e. The van der Waals surface area contributed by atoms with E-state index >= 15 is 0 Å². The van der Waals surface area contributed by atoms with Gasteiger partial charge in [0, 0.05) is 19.6 Å². The molecule has 154 valence electrons. The lowest BCUT2D eigenvalue weighted by Gasteiger charge is -2.28. The molecule has 9 heteroatoms. The fourth-order valence-electron chi connectivity index (χ4n) is 4.29. The molecule has 1 fully saturated rings. The summed E-state index contributed by atoms with van der Waals surface area (Å²) in [5.74, 6) is -0.257. The lowest BCUT2D eigenvalue weighted by atomic mass is 10.00. The zero-order valence-electron chi connectivity index (χ0n) is 16.5. The van der Waals surface area contributed by atoms with E-state index < -0.39 is 0 Å². The lowest BCUT2D eigenvalue weighted by molar-refractivity contribution is 0.0710. The Labute approximate surface area is 173 Å². The van der Waals surface area contributed by atoms with Crippen LogP contribution in [0.15, 0.2) is 47.5 Å². The number of hydrogen-bond donors (Lipinski definition) is 0. The molecule has 0 radical (unpaired) electrons. The Balaban J connectivity index is 1.25. The predicted molar refractivity (Wildman–Crippen MR) is 105 cm³/mol. The predicted octanol–water partition coefficient (Wildman–Crippen LogP) is 1.77. The molecule has 0 aliphatic carbocycles. The topological polar surface area (TPSA) is 97.4 Å². The van der Waals surface area contributed by atoms with Crippen LogP contribution in [0.1, 0.15) is 44.9 Å². The Morgan fingerprint density at radius 3 is 2.80 bits per heavy atom. The number of benzene rings is 1. The van der Waals surface area contributed by atoms with Crippen molar-refractivity contribution in [1.29, 1.82) is 0 Å². The molecular weight excluding hydrogens is 384 g/mol. The molecule has 2 aliphatic heterocycles. The minimum atomic E-state index is -0.144. The van der Waals surface area contributed by atoms with E-state index in [4.69, 9.17) is 4.42 Å². The van der Waals surface area contributed by atoms with Gasteiger partial charge in [0.15, 0.2) is 17.8 Å². The Morgan fingerprint density at radius 2 is 1.97 bits per heavy atom. The van der Waals surface area contributed by atoms with Crippen LogP contribution in [0.3, 0.4) is 0 Å². The highest BCUT2D eigenvalue weighted by atomic mass is 16.3. The Kier molecular flexibility index (Phi) is 4.78. The quantitative estimate of drug-likeness (QED) is 0.655. The van der Waals surface area contributed by atoms with E-state index in [1.54, 1.807) is 15.8 Å². The highest BCUT2D eigenvalue weighted by Gasteiger charge is 2.31. The average Bonchev–Trinajstić information content (AvgIpc) is 3.54. The summed E-state index contributed by atoms with van der Waals surface area (Å²) in [7, 11) is 0. The summed E-state index contributed by atoms with van der Waals surface area (Å²) in [6, 6.07) is 8.19. The summed E-state index contributed by atoms with van der Waals surface area (Å²) in [5, 5.41) is 8.24. The normalized spacial score (nSPS) is 18.5. The van der Waals surface area contributed by atoms with Gasteiger partial charge in [-0.1, -0.05) is 29.5 Å². The molecule has 0 saturated carbocycles. The third kappa shape index (κ3) is 3.47. The summed E-state index contributed by atoms with van der Waals surface area (Å²) in [5.41, 5.74) is 3.12. The molecule has 4 heterocycles. The first-order valence-electron chi connectivity index (χ1n) is 10.1. The number of rotatable bonds is 4. The van der Waals surface area contributed by atoms with Gasteiger partial charge in [-0.3, -0.25) is 9.59 Å². The first-order valence-corrected chi connectivity index (χ1v) is 10.1. The van der Waals surface area contributed by atoms with E-state index in [1.165, 1.54) is 23.8 Å². The molecule has 2 amide bonds. The summed E-state index contributed by atoms with van der Waals surface area (Å²) < 4.78 is 6.59. The highest BCUT2D eigenvalue weighted by Crippen LogP contribution is 2.22. The van der Waals surface area contributed by atoms with E-state index in [2.05, 4.69) is 27.4 Å². The molecule has 1 atom stereocenters. The number of fused-ring (bicyclic) bond motifs is 1. The van der Waals surface area contributed by atoms with Crippen molar-refractivity contribution in [3.8, 4) is 0 Å². The number of amides is 2. The molecule has 1 saturated heterocycles. The molecule has 0 bridgehead atoms. The first kappa shape index (κ1) is 18.5. The monoisotopic (exact) mass is 406 g/mol. The molecule has 2 aromatic heterocycles. The molecular formula is C21H22N6O3. The summed E-state index contributed by atoms with van der Waals surface area (Å²) in [6.45, 7) is 2.42. The summed E-state index contributed by atoms with van der Waals surface area (Å²) in [4.78, 5) is 33.1. The van der Waals surface area contributed by atoms with Crippen LogP contribution in [0.5, 0.6) is 0 Å².